The third-order valence-electron chi connectivity index (χ3n) is 2.83. The Labute approximate surface area is 160 Å². The average molecular weight is 479 g/mol. The van der Waals surface area contributed by atoms with Crippen LogP contribution in [0.15, 0.2) is 45.3 Å². The maximum absolute atomic E-state index is 11.9. The first-order chi connectivity index (χ1) is 10.9. The van der Waals surface area contributed by atoms with Crippen molar-refractivity contribution in [1.29, 1.82) is 0 Å². The van der Waals surface area contributed by atoms with Gasteiger partial charge in [0.25, 0.3) is 5.91 Å². The standard InChI is InChI=1S/C15H11Br2ClN2O2S/c16-10-5-9(14(21)20-15(19)23)6-11(17)13(10)22-7-8-3-1-2-4-12(8)18/h1-6H,7H2,(H3,19,20,21,23). The molecule has 23 heavy (non-hydrogen) atoms. The Morgan fingerprint density at radius 3 is 2.43 bits per heavy atom. The zero-order chi connectivity index (χ0) is 17.0. The lowest BCUT2D eigenvalue weighted by molar-refractivity contribution is 0.0977. The lowest BCUT2D eigenvalue weighted by Gasteiger charge is -2.13. The molecule has 0 saturated heterocycles. The number of carbonyl (C=O) groups excluding carboxylic acids is 1. The molecule has 0 aliphatic rings. The maximum atomic E-state index is 11.9. The van der Waals surface area contributed by atoms with Gasteiger partial charge < -0.3 is 10.5 Å². The Bertz CT molecular complexity index is 748. The number of benzene rings is 2. The van der Waals surface area contributed by atoms with Crippen molar-refractivity contribution in [2.45, 2.75) is 6.61 Å². The average Bonchev–Trinajstić information content (AvgIpc) is 2.47. The molecule has 0 aliphatic carbocycles. The van der Waals surface area contributed by atoms with Crippen LogP contribution in [0.3, 0.4) is 0 Å². The summed E-state index contributed by atoms with van der Waals surface area (Å²) in [6.45, 7) is 0.301. The first kappa shape index (κ1) is 18.2. The molecule has 0 bridgehead atoms. The van der Waals surface area contributed by atoms with Gasteiger partial charge in [0.05, 0.1) is 8.95 Å². The van der Waals surface area contributed by atoms with Crippen molar-refractivity contribution in [3.8, 4) is 5.75 Å². The number of hydrogen-bond donors (Lipinski definition) is 2. The summed E-state index contributed by atoms with van der Waals surface area (Å²) in [5, 5.41) is 2.92. The number of nitrogens with two attached hydrogens (primary N) is 1. The van der Waals surface area contributed by atoms with E-state index in [1.54, 1.807) is 18.2 Å². The molecule has 0 fully saturated rings. The summed E-state index contributed by atoms with van der Waals surface area (Å²) in [5.74, 6) is 0.174. The molecule has 0 aromatic heterocycles. The van der Waals surface area contributed by atoms with Crippen molar-refractivity contribution in [2.75, 3.05) is 0 Å². The molecule has 2 aromatic rings. The highest BCUT2D eigenvalue weighted by atomic mass is 79.9. The molecule has 0 heterocycles. The van der Waals surface area contributed by atoms with Gasteiger partial charge in [-0.3, -0.25) is 10.1 Å². The van der Waals surface area contributed by atoms with E-state index in [1.807, 2.05) is 18.2 Å². The predicted molar refractivity (Wildman–Crippen MR) is 102 cm³/mol. The van der Waals surface area contributed by atoms with Gasteiger partial charge in [-0.05, 0) is 62.3 Å². The van der Waals surface area contributed by atoms with Gasteiger partial charge in [0, 0.05) is 16.1 Å². The minimum absolute atomic E-state index is 0.0821. The lowest BCUT2D eigenvalue weighted by Crippen LogP contribution is -2.34. The van der Waals surface area contributed by atoms with Crippen molar-refractivity contribution in [3.05, 3.63) is 61.5 Å². The zero-order valence-electron chi connectivity index (χ0n) is 11.6. The fraction of sp³-hybridized carbons (Fsp3) is 0.0667. The Kier molecular flexibility index (Phi) is 6.41. The second kappa shape index (κ2) is 8.10. The molecule has 4 nitrogen and oxygen atoms in total. The number of nitrogens with one attached hydrogen (secondary N) is 1. The van der Waals surface area contributed by atoms with Crippen molar-refractivity contribution in [3.63, 3.8) is 0 Å². The Morgan fingerprint density at radius 1 is 1.26 bits per heavy atom. The molecule has 120 valence electrons. The molecular formula is C15H11Br2ClN2O2S. The van der Waals surface area contributed by atoms with Gasteiger partial charge in [-0.2, -0.15) is 0 Å². The van der Waals surface area contributed by atoms with Gasteiger partial charge in [-0.1, -0.05) is 29.8 Å². The predicted octanol–water partition coefficient (Wildman–Crippen LogP) is 4.42. The highest BCUT2D eigenvalue weighted by molar-refractivity contribution is 9.11. The molecule has 0 atom stereocenters. The van der Waals surface area contributed by atoms with Crippen LogP contribution in [0.5, 0.6) is 5.75 Å². The largest absolute Gasteiger partial charge is 0.486 e. The minimum Gasteiger partial charge on any atom is -0.486 e. The normalized spacial score (nSPS) is 10.2. The Balaban J connectivity index is 2.19. The van der Waals surface area contributed by atoms with Crippen LogP contribution >= 0.6 is 55.7 Å². The summed E-state index contributed by atoms with van der Waals surface area (Å²) in [4.78, 5) is 11.9. The van der Waals surface area contributed by atoms with E-state index in [9.17, 15) is 4.79 Å². The molecule has 0 spiro atoms. The van der Waals surface area contributed by atoms with Crippen LogP contribution in [0, 0.1) is 0 Å². The van der Waals surface area contributed by atoms with E-state index in [-0.39, 0.29) is 5.11 Å². The van der Waals surface area contributed by atoms with Gasteiger partial charge in [0.1, 0.15) is 12.4 Å². The second-order valence-electron chi connectivity index (χ2n) is 4.47. The van der Waals surface area contributed by atoms with E-state index < -0.39 is 5.91 Å². The molecule has 0 aliphatic heterocycles. The summed E-state index contributed by atoms with van der Waals surface area (Å²) < 4.78 is 7.03. The van der Waals surface area contributed by atoms with Crippen molar-refractivity contribution in [2.24, 2.45) is 5.73 Å². The number of amides is 1. The summed E-state index contributed by atoms with van der Waals surface area (Å²) >= 11 is 17.5. The summed E-state index contributed by atoms with van der Waals surface area (Å²) in [7, 11) is 0. The number of thiocarbonyl (C=S) groups is 1. The highest BCUT2D eigenvalue weighted by Crippen LogP contribution is 2.35. The molecule has 2 rings (SSSR count). The molecular weight excluding hydrogens is 468 g/mol. The van der Waals surface area contributed by atoms with E-state index in [2.05, 4.69) is 49.4 Å². The Hall–Kier alpha value is -1.15. The number of ether oxygens (including phenoxy) is 1. The number of hydrogen-bond acceptors (Lipinski definition) is 3. The minimum atomic E-state index is -0.392. The molecule has 0 radical (unpaired) electrons. The monoisotopic (exact) mass is 476 g/mol. The smallest absolute Gasteiger partial charge is 0.257 e. The van der Waals surface area contributed by atoms with E-state index >= 15 is 0 Å². The van der Waals surface area contributed by atoms with E-state index in [0.29, 0.717) is 31.9 Å². The third kappa shape index (κ3) is 4.91. The zero-order valence-corrected chi connectivity index (χ0v) is 16.4. The van der Waals surface area contributed by atoms with Crippen LogP contribution in [0.1, 0.15) is 15.9 Å². The first-order valence-electron chi connectivity index (χ1n) is 6.34. The summed E-state index contributed by atoms with van der Waals surface area (Å²) in [6, 6.07) is 10.7. The summed E-state index contributed by atoms with van der Waals surface area (Å²) in [6.07, 6.45) is 0. The maximum Gasteiger partial charge on any atom is 0.257 e. The van der Waals surface area contributed by atoms with Crippen LogP contribution in [-0.2, 0) is 6.61 Å². The van der Waals surface area contributed by atoms with Crippen LogP contribution in [0.2, 0.25) is 5.02 Å². The van der Waals surface area contributed by atoms with Gasteiger partial charge in [-0.15, -0.1) is 0 Å². The molecule has 0 unspecified atom stereocenters. The molecule has 1 amide bonds. The van der Waals surface area contributed by atoms with Crippen molar-refractivity contribution < 1.29 is 9.53 Å². The van der Waals surface area contributed by atoms with Crippen LogP contribution in [0.4, 0.5) is 0 Å². The lowest BCUT2D eigenvalue weighted by atomic mass is 10.2. The first-order valence-corrected chi connectivity index (χ1v) is 8.71. The number of halogens is 3. The van der Waals surface area contributed by atoms with Crippen LogP contribution in [0.25, 0.3) is 0 Å². The fourth-order valence-corrected chi connectivity index (χ4v) is 3.48. The van der Waals surface area contributed by atoms with Gasteiger partial charge >= 0.3 is 0 Å². The van der Waals surface area contributed by atoms with Crippen LogP contribution < -0.4 is 15.8 Å². The van der Waals surface area contributed by atoms with Crippen molar-refractivity contribution in [1.82, 2.24) is 5.32 Å². The topological polar surface area (TPSA) is 64.3 Å². The van der Waals surface area contributed by atoms with Crippen LogP contribution in [-0.4, -0.2) is 11.0 Å². The SMILES string of the molecule is NC(=S)NC(=O)c1cc(Br)c(OCc2ccccc2Cl)c(Br)c1. The number of rotatable bonds is 4. The van der Waals surface area contributed by atoms with Gasteiger partial charge in [0.2, 0.25) is 0 Å². The Morgan fingerprint density at radius 2 is 1.87 bits per heavy atom. The van der Waals surface area contributed by atoms with E-state index in [0.717, 1.165) is 5.56 Å². The quantitative estimate of drug-likeness (QED) is 0.639. The molecule has 2 aromatic carbocycles. The molecule has 3 N–H and O–H groups in total. The molecule has 0 saturated carbocycles. The fourth-order valence-electron chi connectivity index (χ4n) is 1.78. The van der Waals surface area contributed by atoms with Crippen molar-refractivity contribution >= 4 is 66.7 Å². The second-order valence-corrected chi connectivity index (χ2v) is 7.02. The van der Waals surface area contributed by atoms with Gasteiger partial charge in [0.15, 0.2) is 5.11 Å². The third-order valence-corrected chi connectivity index (χ3v) is 4.48. The highest BCUT2D eigenvalue weighted by Gasteiger charge is 2.14. The van der Waals surface area contributed by atoms with E-state index in [4.69, 9.17) is 22.1 Å². The molecule has 8 heteroatoms. The van der Waals surface area contributed by atoms with E-state index in [1.165, 1.54) is 0 Å². The number of carbonyl (C=O) groups is 1. The summed E-state index contributed by atoms with van der Waals surface area (Å²) in [5.41, 5.74) is 6.56. The van der Waals surface area contributed by atoms with Gasteiger partial charge in [-0.25, -0.2) is 0 Å².